The minimum absolute atomic E-state index is 0.0531. The van der Waals surface area contributed by atoms with E-state index in [2.05, 4.69) is 25.8 Å². The largest absolute Gasteiger partial charge is 0.337 e. The number of nitrogens with zero attached hydrogens (tertiary/aromatic N) is 3. The van der Waals surface area contributed by atoms with E-state index < -0.39 is 0 Å². The molecule has 0 radical (unpaired) electrons. The third-order valence-electron chi connectivity index (χ3n) is 4.37. The number of rotatable bonds is 2. The van der Waals surface area contributed by atoms with Gasteiger partial charge < -0.3 is 9.80 Å². The molecule has 20 heavy (non-hydrogen) atoms. The van der Waals surface area contributed by atoms with Crippen molar-refractivity contribution in [3.05, 3.63) is 28.5 Å². The molecule has 0 N–H and O–H groups in total. The average molecular weight is 338 g/mol. The van der Waals surface area contributed by atoms with Crippen LogP contribution >= 0.6 is 15.9 Å². The summed E-state index contributed by atoms with van der Waals surface area (Å²) >= 11 is 3.41. The van der Waals surface area contributed by atoms with Crippen LogP contribution in [0.5, 0.6) is 0 Å². The van der Waals surface area contributed by atoms with E-state index in [-0.39, 0.29) is 5.91 Å². The number of aromatic nitrogens is 1. The Morgan fingerprint density at radius 3 is 2.55 bits per heavy atom. The van der Waals surface area contributed by atoms with E-state index in [1.165, 1.54) is 25.9 Å². The molecule has 108 valence electrons. The zero-order chi connectivity index (χ0) is 13.9. The summed E-state index contributed by atoms with van der Waals surface area (Å²) in [5.74, 6) is 0.0531. The van der Waals surface area contributed by atoms with Gasteiger partial charge in [0.1, 0.15) is 5.69 Å². The zero-order valence-electron chi connectivity index (χ0n) is 11.6. The van der Waals surface area contributed by atoms with Gasteiger partial charge in [0.05, 0.1) is 0 Å². The monoisotopic (exact) mass is 337 g/mol. The second-order valence-corrected chi connectivity index (χ2v) is 6.45. The van der Waals surface area contributed by atoms with Crippen molar-refractivity contribution >= 4 is 21.8 Å². The van der Waals surface area contributed by atoms with Gasteiger partial charge in [0, 0.05) is 29.8 Å². The van der Waals surface area contributed by atoms with Crippen molar-refractivity contribution in [3.8, 4) is 0 Å². The van der Waals surface area contributed by atoms with Gasteiger partial charge in [-0.15, -0.1) is 0 Å². The van der Waals surface area contributed by atoms with Gasteiger partial charge in [-0.2, -0.15) is 0 Å². The van der Waals surface area contributed by atoms with E-state index >= 15 is 0 Å². The minimum Gasteiger partial charge on any atom is -0.337 e. The summed E-state index contributed by atoms with van der Waals surface area (Å²) in [5, 5.41) is 0. The molecule has 4 nitrogen and oxygen atoms in total. The fourth-order valence-corrected chi connectivity index (χ4v) is 3.66. The molecule has 0 spiro atoms. The number of halogens is 1. The molecule has 0 unspecified atom stereocenters. The first-order valence-corrected chi connectivity index (χ1v) is 8.19. The highest BCUT2D eigenvalue weighted by atomic mass is 79.9. The Balaban J connectivity index is 1.60. The summed E-state index contributed by atoms with van der Waals surface area (Å²) in [6, 6.07) is 4.38. The Kier molecular flexibility index (Phi) is 4.36. The molecule has 0 atom stereocenters. The van der Waals surface area contributed by atoms with Crippen LogP contribution in [0.25, 0.3) is 0 Å². The van der Waals surface area contributed by atoms with Gasteiger partial charge >= 0.3 is 0 Å². The van der Waals surface area contributed by atoms with Crippen LogP contribution in [0.4, 0.5) is 0 Å². The molecule has 0 aromatic carbocycles. The SMILES string of the molecule is O=C(c1ncccc1Br)N1CCC(N2CCCC2)CC1. The Hall–Kier alpha value is -0.940. The fraction of sp³-hybridized carbons (Fsp3) is 0.600. The van der Waals surface area contributed by atoms with Crippen molar-refractivity contribution in [3.63, 3.8) is 0 Å². The molecule has 2 aliphatic rings. The summed E-state index contributed by atoms with van der Waals surface area (Å²) in [4.78, 5) is 21.2. The molecule has 2 saturated heterocycles. The van der Waals surface area contributed by atoms with Crippen molar-refractivity contribution in [1.82, 2.24) is 14.8 Å². The van der Waals surface area contributed by atoms with Crippen molar-refractivity contribution in [1.29, 1.82) is 0 Å². The maximum atomic E-state index is 12.5. The molecular weight excluding hydrogens is 318 g/mol. The van der Waals surface area contributed by atoms with Crippen LogP contribution in [0.1, 0.15) is 36.2 Å². The van der Waals surface area contributed by atoms with Crippen LogP contribution < -0.4 is 0 Å². The molecule has 1 aromatic rings. The number of carbonyl (C=O) groups excluding carboxylic acids is 1. The minimum atomic E-state index is 0.0531. The normalized spacial score (nSPS) is 21.4. The lowest BCUT2D eigenvalue weighted by Gasteiger charge is -2.36. The van der Waals surface area contributed by atoms with Crippen LogP contribution in [0.15, 0.2) is 22.8 Å². The first-order valence-electron chi connectivity index (χ1n) is 7.39. The van der Waals surface area contributed by atoms with Gasteiger partial charge in [0.15, 0.2) is 0 Å². The van der Waals surface area contributed by atoms with Crippen LogP contribution in [0.3, 0.4) is 0 Å². The fourth-order valence-electron chi connectivity index (χ4n) is 3.23. The molecule has 0 aliphatic carbocycles. The molecule has 3 rings (SSSR count). The zero-order valence-corrected chi connectivity index (χ0v) is 13.2. The van der Waals surface area contributed by atoms with Gasteiger partial charge in [-0.25, -0.2) is 4.98 Å². The summed E-state index contributed by atoms with van der Waals surface area (Å²) < 4.78 is 0.784. The van der Waals surface area contributed by atoms with Gasteiger partial charge in [-0.1, -0.05) is 0 Å². The highest BCUT2D eigenvalue weighted by Crippen LogP contribution is 2.23. The number of pyridine rings is 1. The number of likely N-dealkylation sites (tertiary alicyclic amines) is 2. The van der Waals surface area contributed by atoms with E-state index in [9.17, 15) is 4.79 Å². The number of carbonyl (C=O) groups is 1. The van der Waals surface area contributed by atoms with E-state index in [4.69, 9.17) is 0 Å². The van der Waals surface area contributed by atoms with Gasteiger partial charge in [-0.3, -0.25) is 4.79 Å². The lowest BCUT2D eigenvalue weighted by Crippen LogP contribution is -2.46. The summed E-state index contributed by atoms with van der Waals surface area (Å²) in [7, 11) is 0. The van der Waals surface area contributed by atoms with Crippen molar-refractivity contribution in [2.24, 2.45) is 0 Å². The molecule has 1 amide bonds. The van der Waals surface area contributed by atoms with Gasteiger partial charge in [0.2, 0.25) is 0 Å². The number of amides is 1. The molecule has 1 aromatic heterocycles. The van der Waals surface area contributed by atoms with Crippen molar-refractivity contribution in [2.75, 3.05) is 26.2 Å². The standard InChI is InChI=1S/C15H20BrN3O/c16-13-4-3-7-17-14(13)15(20)19-10-5-12(6-11-19)18-8-1-2-9-18/h3-4,7,12H,1-2,5-6,8-11H2. The van der Waals surface area contributed by atoms with Gasteiger partial charge in [0.25, 0.3) is 5.91 Å². The summed E-state index contributed by atoms with van der Waals surface area (Å²) in [6.45, 7) is 4.18. The van der Waals surface area contributed by atoms with E-state index in [1.54, 1.807) is 6.20 Å². The van der Waals surface area contributed by atoms with Crippen LogP contribution in [0, 0.1) is 0 Å². The predicted molar refractivity (Wildman–Crippen MR) is 81.7 cm³/mol. The Bertz CT molecular complexity index is 480. The maximum Gasteiger partial charge on any atom is 0.273 e. The second kappa shape index (κ2) is 6.22. The van der Waals surface area contributed by atoms with Crippen LogP contribution in [-0.2, 0) is 0 Å². The van der Waals surface area contributed by atoms with Crippen LogP contribution in [0.2, 0.25) is 0 Å². The lowest BCUT2D eigenvalue weighted by atomic mass is 10.0. The molecule has 0 bridgehead atoms. The first kappa shape index (κ1) is 14.0. The average Bonchev–Trinajstić information content (AvgIpc) is 3.01. The quantitative estimate of drug-likeness (QED) is 0.832. The molecule has 2 fully saturated rings. The van der Waals surface area contributed by atoms with E-state index in [0.29, 0.717) is 11.7 Å². The molecule has 3 heterocycles. The highest BCUT2D eigenvalue weighted by molar-refractivity contribution is 9.10. The third-order valence-corrected chi connectivity index (χ3v) is 5.01. The Morgan fingerprint density at radius 2 is 1.90 bits per heavy atom. The Labute approximate surface area is 128 Å². The highest BCUT2D eigenvalue weighted by Gasteiger charge is 2.29. The van der Waals surface area contributed by atoms with Crippen molar-refractivity contribution in [2.45, 2.75) is 31.7 Å². The van der Waals surface area contributed by atoms with Crippen LogP contribution in [-0.4, -0.2) is 52.9 Å². The Morgan fingerprint density at radius 1 is 1.20 bits per heavy atom. The number of piperidine rings is 1. The topological polar surface area (TPSA) is 36.4 Å². The molecule has 0 saturated carbocycles. The van der Waals surface area contributed by atoms with Gasteiger partial charge in [-0.05, 0) is 66.8 Å². The lowest BCUT2D eigenvalue weighted by molar-refractivity contribution is 0.0638. The molecular formula is C15H20BrN3O. The molecule has 5 heteroatoms. The summed E-state index contributed by atoms with van der Waals surface area (Å²) in [5.41, 5.74) is 0.534. The number of hydrogen-bond acceptors (Lipinski definition) is 3. The molecule has 2 aliphatic heterocycles. The van der Waals surface area contributed by atoms with Crippen molar-refractivity contribution < 1.29 is 4.79 Å². The maximum absolute atomic E-state index is 12.5. The van der Waals surface area contributed by atoms with E-state index in [1.807, 2.05) is 17.0 Å². The predicted octanol–water partition coefficient (Wildman–Crippen LogP) is 2.54. The van der Waals surface area contributed by atoms with E-state index in [0.717, 1.165) is 30.4 Å². The third kappa shape index (κ3) is 2.88. The first-order chi connectivity index (χ1) is 9.75. The second-order valence-electron chi connectivity index (χ2n) is 5.60. The summed E-state index contributed by atoms with van der Waals surface area (Å²) in [6.07, 6.45) is 6.53. The number of hydrogen-bond donors (Lipinski definition) is 0. The smallest absolute Gasteiger partial charge is 0.273 e.